The van der Waals surface area contributed by atoms with Crippen molar-refractivity contribution < 1.29 is 9.59 Å². The molecule has 0 unspecified atom stereocenters. The van der Waals surface area contributed by atoms with Crippen LogP contribution in [-0.4, -0.2) is 29.8 Å². The summed E-state index contributed by atoms with van der Waals surface area (Å²) in [7, 11) is 0. The predicted molar refractivity (Wildman–Crippen MR) is 82.4 cm³/mol. The zero-order valence-electron chi connectivity index (χ0n) is 11.4. The number of halogens is 1. The molecular weight excluding hydrogens is 320 g/mol. The Morgan fingerprint density at radius 2 is 1.75 bits per heavy atom. The van der Waals surface area contributed by atoms with Crippen molar-refractivity contribution in [2.45, 2.75) is 32.1 Å². The number of carbonyl (C=O) groups is 2. The third-order valence-corrected chi connectivity index (χ3v) is 4.11. The van der Waals surface area contributed by atoms with Gasteiger partial charge in [-0.05, 0) is 40.9 Å². The number of likely N-dealkylation sites (tertiary alicyclic amines) is 1. The standard InChI is InChI=1S/C15H19BrN2O2/c16-12-7-3-4-8-13(12)17-14(19)11-15(20)18-9-5-1-2-6-10-18/h3-4,7-8H,1-2,5-6,9-11H2,(H,17,19). The molecule has 0 atom stereocenters. The highest BCUT2D eigenvalue weighted by Gasteiger charge is 2.18. The second kappa shape index (κ2) is 7.43. The van der Waals surface area contributed by atoms with Crippen LogP contribution in [0.3, 0.4) is 0 Å². The minimum atomic E-state index is -0.258. The van der Waals surface area contributed by atoms with E-state index in [1.807, 2.05) is 23.1 Å². The number of nitrogens with zero attached hydrogens (tertiary/aromatic N) is 1. The fourth-order valence-electron chi connectivity index (χ4n) is 2.33. The van der Waals surface area contributed by atoms with E-state index in [2.05, 4.69) is 21.2 Å². The van der Waals surface area contributed by atoms with Gasteiger partial charge in [-0.15, -0.1) is 0 Å². The molecule has 1 saturated heterocycles. The Morgan fingerprint density at radius 1 is 1.10 bits per heavy atom. The summed E-state index contributed by atoms with van der Waals surface area (Å²) in [6, 6.07) is 7.38. The van der Waals surface area contributed by atoms with Gasteiger partial charge in [-0.3, -0.25) is 9.59 Å². The summed E-state index contributed by atoms with van der Waals surface area (Å²) >= 11 is 3.37. The molecule has 108 valence electrons. The molecule has 0 spiro atoms. The summed E-state index contributed by atoms with van der Waals surface area (Å²) in [6.07, 6.45) is 4.34. The quantitative estimate of drug-likeness (QED) is 0.860. The molecule has 1 aliphatic rings. The average Bonchev–Trinajstić information content (AvgIpc) is 2.70. The lowest BCUT2D eigenvalue weighted by atomic mass is 10.2. The van der Waals surface area contributed by atoms with Crippen molar-refractivity contribution in [2.24, 2.45) is 0 Å². The fraction of sp³-hybridized carbons (Fsp3) is 0.467. The number of carbonyl (C=O) groups excluding carboxylic acids is 2. The smallest absolute Gasteiger partial charge is 0.233 e. The van der Waals surface area contributed by atoms with Gasteiger partial charge in [0.25, 0.3) is 0 Å². The first-order valence-electron chi connectivity index (χ1n) is 6.99. The number of nitrogens with one attached hydrogen (secondary N) is 1. The molecule has 0 radical (unpaired) electrons. The van der Waals surface area contributed by atoms with Crippen LogP contribution in [0.15, 0.2) is 28.7 Å². The third kappa shape index (κ3) is 4.34. The van der Waals surface area contributed by atoms with E-state index >= 15 is 0 Å². The Morgan fingerprint density at radius 3 is 2.40 bits per heavy atom. The van der Waals surface area contributed by atoms with E-state index in [1.165, 1.54) is 12.8 Å². The first-order chi connectivity index (χ1) is 9.66. The molecule has 0 aliphatic carbocycles. The molecule has 20 heavy (non-hydrogen) atoms. The van der Waals surface area contributed by atoms with Gasteiger partial charge in [-0.25, -0.2) is 0 Å². The van der Waals surface area contributed by atoms with Gasteiger partial charge < -0.3 is 10.2 Å². The van der Waals surface area contributed by atoms with Gasteiger partial charge in [0.05, 0.1) is 5.69 Å². The predicted octanol–water partition coefficient (Wildman–Crippen LogP) is 3.18. The minimum Gasteiger partial charge on any atom is -0.342 e. The SMILES string of the molecule is O=C(CC(=O)N1CCCCCC1)Nc1ccccc1Br. The number of hydrogen-bond acceptors (Lipinski definition) is 2. The maximum Gasteiger partial charge on any atom is 0.233 e. The molecule has 1 fully saturated rings. The van der Waals surface area contributed by atoms with Gasteiger partial charge in [0.1, 0.15) is 6.42 Å². The van der Waals surface area contributed by atoms with Crippen molar-refractivity contribution >= 4 is 33.4 Å². The molecule has 1 aromatic carbocycles. The second-order valence-corrected chi connectivity index (χ2v) is 5.85. The molecule has 1 aliphatic heterocycles. The average molecular weight is 339 g/mol. The first-order valence-corrected chi connectivity index (χ1v) is 7.78. The molecule has 5 heteroatoms. The Balaban J connectivity index is 1.87. The van der Waals surface area contributed by atoms with Crippen molar-refractivity contribution in [3.05, 3.63) is 28.7 Å². The van der Waals surface area contributed by atoms with E-state index in [-0.39, 0.29) is 18.2 Å². The Bertz CT molecular complexity index is 483. The maximum atomic E-state index is 12.1. The van der Waals surface area contributed by atoms with Crippen molar-refractivity contribution in [2.75, 3.05) is 18.4 Å². The van der Waals surface area contributed by atoms with E-state index in [0.29, 0.717) is 5.69 Å². The Kier molecular flexibility index (Phi) is 5.59. The fourth-order valence-corrected chi connectivity index (χ4v) is 2.71. The number of amides is 2. The van der Waals surface area contributed by atoms with Crippen LogP contribution < -0.4 is 5.32 Å². The number of hydrogen-bond donors (Lipinski definition) is 1. The summed E-state index contributed by atoms with van der Waals surface area (Å²) in [5, 5.41) is 2.76. The summed E-state index contributed by atoms with van der Waals surface area (Å²) in [5.74, 6) is -0.331. The van der Waals surface area contributed by atoms with Crippen LogP contribution in [0.25, 0.3) is 0 Å². The van der Waals surface area contributed by atoms with Crippen molar-refractivity contribution in [3.63, 3.8) is 0 Å². The maximum absolute atomic E-state index is 12.1. The molecule has 0 saturated carbocycles. The van der Waals surface area contributed by atoms with Gasteiger partial charge in [-0.2, -0.15) is 0 Å². The summed E-state index contributed by atoms with van der Waals surface area (Å²) in [6.45, 7) is 1.56. The van der Waals surface area contributed by atoms with E-state index < -0.39 is 0 Å². The molecule has 2 rings (SSSR count). The van der Waals surface area contributed by atoms with Gasteiger partial charge in [-0.1, -0.05) is 25.0 Å². The zero-order chi connectivity index (χ0) is 14.4. The summed E-state index contributed by atoms with van der Waals surface area (Å²) < 4.78 is 0.815. The number of para-hydroxylation sites is 1. The van der Waals surface area contributed by atoms with Gasteiger partial charge in [0, 0.05) is 17.6 Å². The lowest BCUT2D eigenvalue weighted by Crippen LogP contribution is -2.34. The van der Waals surface area contributed by atoms with E-state index in [9.17, 15) is 9.59 Å². The second-order valence-electron chi connectivity index (χ2n) is 5.00. The molecule has 2 amide bonds. The van der Waals surface area contributed by atoms with Gasteiger partial charge >= 0.3 is 0 Å². The molecule has 1 N–H and O–H groups in total. The van der Waals surface area contributed by atoms with Crippen LogP contribution in [0.2, 0.25) is 0 Å². The lowest BCUT2D eigenvalue weighted by molar-refractivity contribution is -0.134. The highest BCUT2D eigenvalue weighted by Crippen LogP contribution is 2.21. The molecule has 0 aromatic heterocycles. The number of anilines is 1. The highest BCUT2D eigenvalue weighted by molar-refractivity contribution is 9.10. The normalized spacial score (nSPS) is 15.6. The number of benzene rings is 1. The van der Waals surface area contributed by atoms with Crippen LogP contribution in [0.4, 0.5) is 5.69 Å². The van der Waals surface area contributed by atoms with Gasteiger partial charge in [0.2, 0.25) is 11.8 Å². The molecule has 1 heterocycles. The van der Waals surface area contributed by atoms with E-state index in [4.69, 9.17) is 0 Å². The third-order valence-electron chi connectivity index (χ3n) is 3.42. The summed E-state index contributed by atoms with van der Waals surface area (Å²) in [5.41, 5.74) is 0.696. The highest BCUT2D eigenvalue weighted by atomic mass is 79.9. The van der Waals surface area contributed by atoms with Crippen LogP contribution in [0.1, 0.15) is 32.1 Å². The number of rotatable bonds is 3. The Labute approximate surface area is 127 Å². The Hall–Kier alpha value is -1.36. The molecule has 4 nitrogen and oxygen atoms in total. The van der Waals surface area contributed by atoms with E-state index in [0.717, 1.165) is 30.4 Å². The van der Waals surface area contributed by atoms with E-state index in [1.54, 1.807) is 6.07 Å². The zero-order valence-corrected chi connectivity index (χ0v) is 13.0. The monoisotopic (exact) mass is 338 g/mol. The topological polar surface area (TPSA) is 49.4 Å². The van der Waals surface area contributed by atoms with Crippen LogP contribution in [0.5, 0.6) is 0 Å². The lowest BCUT2D eigenvalue weighted by Gasteiger charge is -2.20. The molecule has 1 aromatic rings. The molecule has 0 bridgehead atoms. The first kappa shape index (κ1) is 15.0. The van der Waals surface area contributed by atoms with Crippen molar-refractivity contribution in [1.29, 1.82) is 0 Å². The van der Waals surface area contributed by atoms with Crippen LogP contribution >= 0.6 is 15.9 Å². The minimum absolute atomic E-state index is 0.0727. The van der Waals surface area contributed by atoms with Crippen molar-refractivity contribution in [3.8, 4) is 0 Å². The van der Waals surface area contributed by atoms with Crippen LogP contribution in [-0.2, 0) is 9.59 Å². The van der Waals surface area contributed by atoms with Crippen LogP contribution in [0, 0.1) is 0 Å². The molecular formula is C15H19BrN2O2. The van der Waals surface area contributed by atoms with Gasteiger partial charge in [0.15, 0.2) is 0 Å². The van der Waals surface area contributed by atoms with Crippen molar-refractivity contribution in [1.82, 2.24) is 4.90 Å². The summed E-state index contributed by atoms with van der Waals surface area (Å²) in [4.78, 5) is 25.8. The largest absolute Gasteiger partial charge is 0.342 e.